The third-order valence-electron chi connectivity index (χ3n) is 4.05. The summed E-state index contributed by atoms with van der Waals surface area (Å²) in [4.78, 5) is 0. The number of hydrogen-bond donors (Lipinski definition) is 0. The van der Waals surface area contributed by atoms with Gasteiger partial charge in [-0.15, -0.1) is 0 Å². The maximum absolute atomic E-state index is 6.34. The summed E-state index contributed by atoms with van der Waals surface area (Å²) in [5.41, 5.74) is 0. The van der Waals surface area contributed by atoms with Gasteiger partial charge in [0.25, 0.3) is 0 Å². The fraction of sp³-hybridized carbons (Fsp3) is 1.00. The fourth-order valence-corrected chi connectivity index (χ4v) is 17.2. The van der Waals surface area contributed by atoms with Crippen LogP contribution in [0.4, 0.5) is 0 Å². The van der Waals surface area contributed by atoms with Crippen molar-refractivity contribution < 1.29 is 22.1 Å². The summed E-state index contributed by atoms with van der Waals surface area (Å²) in [7, 11) is -9.27. The zero-order valence-electron chi connectivity index (χ0n) is 18.1. The molecule has 150 valence electrons. The highest BCUT2D eigenvalue weighted by molar-refractivity contribution is 6.79. The van der Waals surface area contributed by atoms with Crippen LogP contribution in [0.5, 0.6) is 0 Å². The second kappa shape index (κ2) is 8.49. The van der Waals surface area contributed by atoms with Crippen LogP contribution in [-0.2, 0) is 22.1 Å². The van der Waals surface area contributed by atoms with E-state index in [1.54, 1.807) is 0 Å². The molecule has 0 N–H and O–H groups in total. The monoisotopic (exact) mass is 440 g/mol. The number of hydrogen-bond acceptors (Lipinski definition) is 5. The molecule has 0 atom stereocenters. The minimum absolute atomic E-state index is 0.735. The zero-order chi connectivity index (χ0) is 19.6. The summed E-state index contributed by atoms with van der Waals surface area (Å²) in [5, 5.41) is 0. The molecule has 1 aliphatic rings. The first-order valence-corrected chi connectivity index (χ1v) is 24.8. The van der Waals surface area contributed by atoms with Crippen LogP contribution >= 0.6 is 0 Å². The Morgan fingerprint density at radius 1 is 0.320 bits per heavy atom. The summed E-state index contributed by atoms with van der Waals surface area (Å²) in [6, 6.07) is 0. The molecule has 0 aliphatic carbocycles. The van der Waals surface area contributed by atoms with Crippen LogP contribution in [0.15, 0.2) is 0 Å². The van der Waals surface area contributed by atoms with Gasteiger partial charge in [-0.3, -0.25) is 0 Å². The summed E-state index contributed by atoms with van der Waals surface area (Å²) in [6.45, 7) is 22.4. The molecule has 0 bridgehead atoms. The molecule has 1 rings (SSSR count). The first-order chi connectivity index (χ1) is 11.0. The predicted octanol–water partition coefficient (Wildman–Crippen LogP) is 3.80. The van der Waals surface area contributed by atoms with E-state index < -0.39 is 41.6 Å². The Balaban J connectivity index is 2.92. The van der Waals surface area contributed by atoms with E-state index >= 15 is 0 Å². The lowest BCUT2D eigenvalue weighted by molar-refractivity contribution is 0.261. The van der Waals surface area contributed by atoms with Crippen LogP contribution in [0, 0.1) is 0 Å². The Bertz CT molecular complexity index is 317. The van der Waals surface area contributed by atoms with E-state index in [4.69, 9.17) is 22.1 Å². The molecule has 25 heavy (non-hydrogen) atoms. The van der Waals surface area contributed by atoms with Gasteiger partial charge in [0, 0.05) is 0 Å². The van der Waals surface area contributed by atoms with Crippen molar-refractivity contribution in [3.8, 4) is 0 Å². The van der Waals surface area contributed by atoms with Crippen molar-refractivity contribution in [2.24, 2.45) is 0 Å². The minimum atomic E-state index is -1.85. The molecule has 1 fully saturated rings. The largest absolute Gasteiger partial charge is 0.416 e. The Morgan fingerprint density at radius 2 is 0.440 bits per heavy atom. The summed E-state index contributed by atoms with van der Waals surface area (Å²) < 4.78 is 31.7. The molecule has 0 amide bonds. The average molecular weight is 441 g/mol. The Kier molecular flexibility index (Phi) is 8.13. The molecule has 1 aliphatic heterocycles. The Morgan fingerprint density at radius 3 is 0.560 bits per heavy atom. The third kappa shape index (κ3) is 10.1. The van der Waals surface area contributed by atoms with E-state index in [-0.39, 0.29) is 0 Å². The van der Waals surface area contributed by atoms with Gasteiger partial charge in [-0.1, -0.05) is 0 Å². The van der Waals surface area contributed by atoms with Crippen LogP contribution in [0.25, 0.3) is 0 Å². The van der Waals surface area contributed by atoms with E-state index in [1.807, 2.05) is 0 Å². The summed E-state index contributed by atoms with van der Waals surface area (Å²) >= 11 is 0. The van der Waals surface area contributed by atoms with Gasteiger partial charge < -0.3 is 22.1 Å². The van der Waals surface area contributed by atoms with E-state index in [2.05, 4.69) is 65.5 Å². The van der Waals surface area contributed by atoms with Crippen molar-refractivity contribution >= 4 is 41.6 Å². The molecule has 0 radical (unpaired) electrons. The SMILES string of the molecule is C[Si]1(C)CO[Si](C)(C)CO[Si](C)(C)CO[Si](C)(C)CO[Si](C)(C)CO1. The van der Waals surface area contributed by atoms with Crippen molar-refractivity contribution in [1.29, 1.82) is 0 Å². The van der Waals surface area contributed by atoms with Crippen molar-refractivity contribution in [2.45, 2.75) is 65.5 Å². The smallest absolute Gasteiger partial charge is 0.210 e. The van der Waals surface area contributed by atoms with Crippen molar-refractivity contribution in [2.75, 3.05) is 31.2 Å². The summed E-state index contributed by atoms with van der Waals surface area (Å²) in [5.74, 6) is 0. The normalized spacial score (nSPS) is 30.0. The van der Waals surface area contributed by atoms with Crippen LogP contribution in [0.1, 0.15) is 0 Å². The number of rotatable bonds is 0. The van der Waals surface area contributed by atoms with Crippen molar-refractivity contribution in [3.63, 3.8) is 0 Å². The third-order valence-corrected chi connectivity index (χ3v) is 14.3. The highest BCUT2D eigenvalue weighted by atomic mass is 28.4. The lowest BCUT2D eigenvalue weighted by atomic mass is 11.6. The van der Waals surface area contributed by atoms with Gasteiger partial charge >= 0.3 is 0 Å². The lowest BCUT2D eigenvalue weighted by Crippen LogP contribution is -2.50. The van der Waals surface area contributed by atoms with Crippen LogP contribution in [0.2, 0.25) is 65.5 Å². The molecule has 0 unspecified atom stereocenters. The molecule has 5 nitrogen and oxygen atoms in total. The molecule has 0 spiro atoms. The van der Waals surface area contributed by atoms with Crippen LogP contribution < -0.4 is 0 Å². The molecular formula is C15H40O5Si5. The van der Waals surface area contributed by atoms with Gasteiger partial charge in [-0.25, -0.2) is 0 Å². The Hall–Kier alpha value is 0.884. The van der Waals surface area contributed by atoms with Gasteiger partial charge in [0.15, 0.2) is 0 Å². The first-order valence-electron chi connectivity index (χ1n) is 9.23. The highest BCUT2D eigenvalue weighted by Gasteiger charge is 2.38. The molecule has 1 heterocycles. The fourth-order valence-electron chi connectivity index (χ4n) is 2.05. The van der Waals surface area contributed by atoms with Gasteiger partial charge in [-0.2, -0.15) is 0 Å². The van der Waals surface area contributed by atoms with E-state index in [1.165, 1.54) is 0 Å². The quantitative estimate of drug-likeness (QED) is 0.536. The molecule has 10 heteroatoms. The van der Waals surface area contributed by atoms with Crippen molar-refractivity contribution in [1.82, 2.24) is 0 Å². The molecule has 0 saturated carbocycles. The first kappa shape index (κ1) is 23.9. The van der Waals surface area contributed by atoms with Gasteiger partial charge in [0.1, 0.15) is 0 Å². The standard InChI is InChI=1S/C15H40O5Si5/c1-21(2)11-17-23(5,6)13-19-25(9,10)15-20-24(7,8)14-18-22(3,4)12-16-21/h11-15H2,1-10H3. The topological polar surface area (TPSA) is 46.2 Å². The minimum Gasteiger partial charge on any atom is -0.416 e. The van der Waals surface area contributed by atoms with Crippen LogP contribution in [0.3, 0.4) is 0 Å². The molecule has 0 aromatic carbocycles. The van der Waals surface area contributed by atoms with Gasteiger partial charge in [-0.05, 0) is 65.5 Å². The predicted molar refractivity (Wildman–Crippen MR) is 117 cm³/mol. The summed E-state index contributed by atoms with van der Waals surface area (Å²) in [6.07, 6.45) is 3.67. The molecular weight excluding hydrogens is 401 g/mol. The maximum Gasteiger partial charge on any atom is 0.210 e. The second-order valence-corrected chi connectivity index (χ2v) is 30.7. The van der Waals surface area contributed by atoms with E-state index in [0.29, 0.717) is 0 Å². The molecule has 0 aromatic rings. The lowest BCUT2D eigenvalue weighted by Gasteiger charge is -2.33. The second-order valence-electron chi connectivity index (χ2n) is 10.2. The van der Waals surface area contributed by atoms with Gasteiger partial charge in [0.2, 0.25) is 41.6 Å². The molecule has 0 aromatic heterocycles. The molecule has 1 saturated heterocycles. The zero-order valence-corrected chi connectivity index (χ0v) is 23.1. The average Bonchev–Trinajstić information content (AvgIpc) is 2.46. The van der Waals surface area contributed by atoms with E-state index in [9.17, 15) is 0 Å². The van der Waals surface area contributed by atoms with Crippen molar-refractivity contribution in [3.05, 3.63) is 0 Å². The van der Waals surface area contributed by atoms with E-state index in [0.717, 1.165) is 31.2 Å². The Labute approximate surface area is 160 Å². The van der Waals surface area contributed by atoms with Crippen LogP contribution in [-0.4, -0.2) is 72.7 Å². The maximum atomic E-state index is 6.34. The highest BCUT2D eigenvalue weighted by Crippen LogP contribution is 2.19. The van der Waals surface area contributed by atoms with Gasteiger partial charge in [0.05, 0.1) is 31.2 Å².